The zero-order chi connectivity index (χ0) is 22.2. The number of amides is 1. The Morgan fingerprint density at radius 2 is 1.68 bits per heavy atom. The van der Waals surface area contributed by atoms with Crippen molar-refractivity contribution in [2.45, 2.75) is 37.7 Å². The molecule has 0 saturated carbocycles. The Hall–Kier alpha value is -2.40. The van der Waals surface area contributed by atoms with Crippen LogP contribution in [0.5, 0.6) is 0 Å². The monoisotopic (exact) mass is 456 g/mol. The van der Waals surface area contributed by atoms with Crippen LogP contribution in [-0.4, -0.2) is 59.5 Å². The Balaban J connectivity index is 1.36. The number of rotatable bonds is 4. The lowest BCUT2D eigenvalue weighted by molar-refractivity contribution is -0.137. The number of aryl methyl sites for hydroxylation is 2. The second-order valence-electron chi connectivity index (χ2n) is 7.84. The molecule has 31 heavy (non-hydrogen) atoms. The lowest BCUT2D eigenvalue weighted by Gasteiger charge is -2.33. The average Bonchev–Trinajstić information content (AvgIpc) is 3.17. The van der Waals surface area contributed by atoms with Crippen molar-refractivity contribution in [2.24, 2.45) is 0 Å². The molecule has 0 atom stereocenters. The molecule has 168 valence electrons. The standard InChI is InChI=1S/C20H23F3N4O3S/c21-20(22,23)16-6-4-15(5-7-16)14-31(29,30)26-11-9-25(10-12-26)19(28)18-13-17-3-1-2-8-27(17)24-18/h4-7,13H,1-3,8-12,14H2. The minimum Gasteiger partial charge on any atom is -0.335 e. The normalized spacial score (nSPS) is 18.1. The molecule has 0 aliphatic carbocycles. The van der Waals surface area contributed by atoms with E-state index < -0.39 is 21.8 Å². The number of piperazine rings is 1. The molecule has 0 unspecified atom stereocenters. The Labute approximate surface area is 178 Å². The van der Waals surface area contributed by atoms with Gasteiger partial charge in [-0.2, -0.15) is 22.6 Å². The summed E-state index contributed by atoms with van der Waals surface area (Å²) in [4.78, 5) is 14.4. The Kier molecular flexibility index (Phi) is 5.82. The predicted octanol–water partition coefficient (Wildman–Crippen LogP) is 2.53. The molecule has 1 fully saturated rings. The van der Waals surface area contributed by atoms with Crippen molar-refractivity contribution in [1.29, 1.82) is 0 Å². The third kappa shape index (κ3) is 4.77. The van der Waals surface area contributed by atoms with Gasteiger partial charge in [0.2, 0.25) is 10.0 Å². The molecular formula is C20H23F3N4O3S. The highest BCUT2D eigenvalue weighted by Crippen LogP contribution is 2.29. The summed E-state index contributed by atoms with van der Waals surface area (Å²) in [6.07, 6.45) is -1.45. The summed E-state index contributed by atoms with van der Waals surface area (Å²) in [5, 5.41) is 4.39. The highest BCUT2D eigenvalue weighted by Gasteiger charge is 2.32. The molecule has 0 radical (unpaired) electrons. The fourth-order valence-corrected chi connectivity index (χ4v) is 5.46. The van der Waals surface area contributed by atoms with E-state index in [0.29, 0.717) is 5.69 Å². The number of hydrogen-bond acceptors (Lipinski definition) is 4. The molecule has 1 aromatic carbocycles. The van der Waals surface area contributed by atoms with Crippen LogP contribution >= 0.6 is 0 Å². The van der Waals surface area contributed by atoms with Crippen LogP contribution in [0.4, 0.5) is 13.2 Å². The molecule has 11 heteroatoms. The summed E-state index contributed by atoms with van der Waals surface area (Å²) in [7, 11) is -3.71. The van der Waals surface area contributed by atoms with Gasteiger partial charge in [-0.3, -0.25) is 9.48 Å². The van der Waals surface area contributed by atoms with E-state index in [2.05, 4.69) is 5.10 Å². The van der Waals surface area contributed by atoms with E-state index in [1.165, 1.54) is 16.4 Å². The molecule has 1 aromatic heterocycles. The fraction of sp³-hybridized carbons (Fsp3) is 0.500. The largest absolute Gasteiger partial charge is 0.416 e. The zero-order valence-corrected chi connectivity index (χ0v) is 17.6. The minimum atomic E-state index is -4.46. The van der Waals surface area contributed by atoms with Crippen LogP contribution in [0.1, 0.15) is 40.2 Å². The molecule has 0 N–H and O–H groups in total. The molecule has 0 bridgehead atoms. The van der Waals surface area contributed by atoms with E-state index in [4.69, 9.17) is 0 Å². The SMILES string of the molecule is O=C(c1cc2n(n1)CCCC2)N1CCN(S(=O)(=O)Cc2ccc(C(F)(F)F)cc2)CC1. The summed E-state index contributed by atoms with van der Waals surface area (Å²) >= 11 is 0. The van der Waals surface area contributed by atoms with E-state index in [-0.39, 0.29) is 43.4 Å². The molecule has 4 rings (SSSR count). The Bertz CT molecular complexity index is 1030. The second kappa shape index (κ2) is 8.27. The van der Waals surface area contributed by atoms with E-state index >= 15 is 0 Å². The maximum Gasteiger partial charge on any atom is 0.416 e. The quantitative estimate of drug-likeness (QED) is 0.709. The topological polar surface area (TPSA) is 75.5 Å². The molecule has 2 aliphatic heterocycles. The number of alkyl halides is 3. The van der Waals surface area contributed by atoms with Gasteiger partial charge in [-0.1, -0.05) is 12.1 Å². The number of benzene rings is 1. The molecule has 2 aromatic rings. The summed E-state index contributed by atoms with van der Waals surface area (Å²) < 4.78 is 66.6. The van der Waals surface area contributed by atoms with Gasteiger partial charge in [-0.05, 0) is 43.0 Å². The van der Waals surface area contributed by atoms with E-state index in [9.17, 15) is 26.4 Å². The number of fused-ring (bicyclic) bond motifs is 1. The number of hydrogen-bond donors (Lipinski definition) is 0. The van der Waals surface area contributed by atoms with Crippen molar-refractivity contribution in [3.05, 3.63) is 52.8 Å². The first-order valence-electron chi connectivity index (χ1n) is 10.1. The second-order valence-corrected chi connectivity index (χ2v) is 9.81. The van der Waals surface area contributed by atoms with E-state index in [1.807, 2.05) is 10.7 Å². The van der Waals surface area contributed by atoms with Crippen LogP contribution in [0.2, 0.25) is 0 Å². The molecule has 1 amide bonds. The number of nitrogens with zero attached hydrogens (tertiary/aromatic N) is 4. The van der Waals surface area contributed by atoms with E-state index in [0.717, 1.165) is 43.6 Å². The first-order chi connectivity index (χ1) is 14.6. The van der Waals surface area contributed by atoms with Crippen LogP contribution in [0.3, 0.4) is 0 Å². The summed E-state index contributed by atoms with van der Waals surface area (Å²) in [6.45, 7) is 1.57. The van der Waals surface area contributed by atoms with Crippen molar-refractivity contribution >= 4 is 15.9 Å². The van der Waals surface area contributed by atoms with Gasteiger partial charge in [0.25, 0.3) is 5.91 Å². The molecule has 2 aliphatic rings. The predicted molar refractivity (Wildman–Crippen MR) is 107 cm³/mol. The average molecular weight is 456 g/mol. The number of sulfonamides is 1. The van der Waals surface area contributed by atoms with Gasteiger partial charge in [0.05, 0.1) is 11.3 Å². The van der Waals surface area contributed by atoms with E-state index in [1.54, 1.807) is 4.90 Å². The molecule has 0 spiro atoms. The zero-order valence-electron chi connectivity index (χ0n) is 16.8. The molecular weight excluding hydrogens is 433 g/mol. The summed E-state index contributed by atoms with van der Waals surface area (Å²) in [5.74, 6) is -0.589. The summed E-state index contributed by atoms with van der Waals surface area (Å²) in [6, 6.07) is 5.94. The van der Waals surface area contributed by atoms with Crippen LogP contribution < -0.4 is 0 Å². The Morgan fingerprint density at radius 1 is 1.00 bits per heavy atom. The molecule has 1 saturated heterocycles. The van der Waals surface area contributed by atoms with Gasteiger partial charge >= 0.3 is 6.18 Å². The first-order valence-corrected chi connectivity index (χ1v) is 11.7. The van der Waals surface area contributed by atoms with Crippen molar-refractivity contribution in [3.63, 3.8) is 0 Å². The maximum absolute atomic E-state index is 12.8. The van der Waals surface area contributed by atoms with Crippen LogP contribution in [0.25, 0.3) is 0 Å². The number of halogens is 3. The van der Waals surface area contributed by atoms with Gasteiger partial charge in [0.1, 0.15) is 0 Å². The summed E-state index contributed by atoms with van der Waals surface area (Å²) in [5.41, 5.74) is 0.905. The van der Waals surface area contributed by atoms with Crippen LogP contribution in [0.15, 0.2) is 30.3 Å². The van der Waals surface area contributed by atoms with Crippen molar-refractivity contribution in [3.8, 4) is 0 Å². The van der Waals surface area contributed by atoms with Gasteiger partial charge in [0, 0.05) is 38.4 Å². The van der Waals surface area contributed by atoms with Crippen molar-refractivity contribution < 1.29 is 26.4 Å². The lowest BCUT2D eigenvalue weighted by Crippen LogP contribution is -2.50. The number of aromatic nitrogens is 2. The highest BCUT2D eigenvalue weighted by molar-refractivity contribution is 7.88. The van der Waals surface area contributed by atoms with Crippen LogP contribution in [0, 0.1) is 0 Å². The van der Waals surface area contributed by atoms with Gasteiger partial charge in [-0.25, -0.2) is 8.42 Å². The molecule has 7 nitrogen and oxygen atoms in total. The van der Waals surface area contributed by atoms with Gasteiger partial charge in [0.15, 0.2) is 5.69 Å². The Morgan fingerprint density at radius 3 is 2.29 bits per heavy atom. The van der Waals surface area contributed by atoms with Gasteiger partial charge < -0.3 is 4.90 Å². The smallest absolute Gasteiger partial charge is 0.335 e. The maximum atomic E-state index is 12.8. The highest BCUT2D eigenvalue weighted by atomic mass is 32.2. The number of carbonyl (C=O) groups excluding carboxylic acids is 1. The van der Waals surface area contributed by atoms with Gasteiger partial charge in [-0.15, -0.1) is 0 Å². The third-order valence-corrected chi connectivity index (χ3v) is 7.53. The number of carbonyl (C=O) groups is 1. The fourth-order valence-electron chi connectivity index (χ4n) is 3.95. The van der Waals surface area contributed by atoms with Crippen molar-refractivity contribution in [1.82, 2.24) is 19.0 Å². The third-order valence-electron chi connectivity index (χ3n) is 5.68. The van der Waals surface area contributed by atoms with Crippen LogP contribution in [-0.2, 0) is 34.9 Å². The minimum absolute atomic E-state index is 0.141. The molecule has 3 heterocycles. The lowest BCUT2D eigenvalue weighted by atomic mass is 10.1. The first kappa shape index (κ1) is 21.8. The van der Waals surface area contributed by atoms with Crippen molar-refractivity contribution in [2.75, 3.05) is 26.2 Å².